The smallest absolute Gasteiger partial charge is 0.136 e. The lowest BCUT2D eigenvalue weighted by Crippen LogP contribution is -1.90. The molecule has 9 rings (SSSR count). The minimum Gasteiger partial charge on any atom is -0.456 e. The maximum absolute atomic E-state index is 6.42. The van der Waals surface area contributed by atoms with E-state index in [0.717, 1.165) is 16.6 Å². The lowest BCUT2D eigenvalue weighted by atomic mass is 9.86. The molecule has 2 heteroatoms. The summed E-state index contributed by atoms with van der Waals surface area (Å²) in [5.41, 5.74) is 9.37. The quantitative estimate of drug-likeness (QED) is 0.199. The van der Waals surface area contributed by atoms with E-state index in [-0.39, 0.29) is 0 Å². The number of benzene rings is 7. The fourth-order valence-corrected chi connectivity index (χ4v) is 7.84. The highest BCUT2D eigenvalue weighted by Crippen LogP contribution is 2.46. The van der Waals surface area contributed by atoms with Crippen LogP contribution in [0, 0.1) is 0 Å². The molecule has 0 bridgehead atoms. The summed E-state index contributed by atoms with van der Waals surface area (Å²) < 4.78 is 7.70. The van der Waals surface area contributed by atoms with E-state index in [2.05, 4.69) is 145 Å². The van der Waals surface area contributed by atoms with E-state index in [0.29, 0.717) is 0 Å². The molecule has 0 fully saturated rings. The van der Waals surface area contributed by atoms with Gasteiger partial charge in [-0.25, -0.2) is 0 Å². The Morgan fingerprint density at radius 1 is 0.405 bits per heavy atom. The topological polar surface area (TPSA) is 13.1 Å². The van der Waals surface area contributed by atoms with Gasteiger partial charge < -0.3 is 4.42 Å². The summed E-state index contributed by atoms with van der Waals surface area (Å²) in [6, 6.07) is 50.2. The van der Waals surface area contributed by atoms with Gasteiger partial charge in [-0.15, -0.1) is 11.3 Å². The van der Waals surface area contributed by atoms with E-state index < -0.39 is 0 Å². The van der Waals surface area contributed by atoms with Crippen LogP contribution in [0.25, 0.3) is 87.0 Å². The molecule has 2 aromatic heterocycles. The molecule has 0 unspecified atom stereocenters. The standard InChI is InChI=1S/C40H24OS/c1-3-11-25(12-4-1)34-24-42-40-32(34)20-22-36-39(40)33-23-27(19-21-35(33)41-36)38-30-17-9-7-15-28(30)37(26-13-5-2-6-14-26)29-16-8-10-18-31(29)38/h1-24H. The number of hydrogen-bond acceptors (Lipinski definition) is 2. The van der Waals surface area contributed by atoms with Gasteiger partial charge in [0, 0.05) is 26.4 Å². The van der Waals surface area contributed by atoms with Crippen molar-refractivity contribution in [3.63, 3.8) is 0 Å². The summed E-state index contributed by atoms with van der Waals surface area (Å²) in [6.07, 6.45) is 0. The number of fused-ring (bicyclic) bond motifs is 7. The molecule has 0 aliphatic heterocycles. The number of hydrogen-bond donors (Lipinski definition) is 0. The third-order valence-corrected chi connectivity index (χ3v) is 9.55. The highest BCUT2D eigenvalue weighted by Gasteiger charge is 2.19. The van der Waals surface area contributed by atoms with Crippen LogP contribution >= 0.6 is 11.3 Å². The SMILES string of the molecule is c1ccc(-c2c3ccccc3c(-c3ccc4oc5ccc6c(-c7ccccc7)csc6c5c4c3)c3ccccc23)cc1. The van der Waals surface area contributed by atoms with Crippen LogP contribution in [0.1, 0.15) is 0 Å². The minimum absolute atomic E-state index is 0.922. The van der Waals surface area contributed by atoms with E-state index in [1.807, 2.05) is 0 Å². The number of thiophene rings is 1. The number of furan rings is 1. The Morgan fingerprint density at radius 2 is 0.952 bits per heavy atom. The lowest BCUT2D eigenvalue weighted by Gasteiger charge is -2.17. The molecule has 9 aromatic rings. The predicted octanol–water partition coefficient (Wildman–Crippen LogP) is 12.1. The Bertz CT molecular complexity index is 2390. The third kappa shape index (κ3) is 3.43. The van der Waals surface area contributed by atoms with Crippen molar-refractivity contribution < 1.29 is 4.42 Å². The van der Waals surface area contributed by atoms with Gasteiger partial charge in [-0.3, -0.25) is 0 Å². The summed E-state index contributed by atoms with van der Waals surface area (Å²) in [7, 11) is 0. The summed E-state index contributed by atoms with van der Waals surface area (Å²) >= 11 is 1.80. The van der Waals surface area contributed by atoms with Gasteiger partial charge in [0.2, 0.25) is 0 Å². The molecule has 0 atom stereocenters. The molecule has 42 heavy (non-hydrogen) atoms. The largest absolute Gasteiger partial charge is 0.456 e. The normalized spacial score (nSPS) is 11.8. The van der Waals surface area contributed by atoms with Gasteiger partial charge in [-0.1, -0.05) is 115 Å². The van der Waals surface area contributed by atoms with E-state index in [4.69, 9.17) is 4.42 Å². The molecule has 0 amide bonds. The van der Waals surface area contributed by atoms with Crippen molar-refractivity contribution in [3.8, 4) is 33.4 Å². The van der Waals surface area contributed by atoms with Gasteiger partial charge in [-0.2, -0.15) is 0 Å². The zero-order valence-corrected chi connectivity index (χ0v) is 23.5. The van der Waals surface area contributed by atoms with Crippen molar-refractivity contribution in [1.29, 1.82) is 0 Å². The van der Waals surface area contributed by atoms with Gasteiger partial charge in [-0.05, 0) is 79.0 Å². The van der Waals surface area contributed by atoms with E-state index in [9.17, 15) is 0 Å². The van der Waals surface area contributed by atoms with Gasteiger partial charge in [0.05, 0.1) is 0 Å². The Balaban J connectivity index is 1.35. The maximum atomic E-state index is 6.42. The van der Waals surface area contributed by atoms with Gasteiger partial charge >= 0.3 is 0 Å². The van der Waals surface area contributed by atoms with Crippen molar-refractivity contribution in [2.24, 2.45) is 0 Å². The van der Waals surface area contributed by atoms with E-state index >= 15 is 0 Å². The van der Waals surface area contributed by atoms with Crippen molar-refractivity contribution in [3.05, 3.63) is 145 Å². The van der Waals surface area contributed by atoms with Crippen LogP contribution in [0.3, 0.4) is 0 Å². The molecule has 0 aliphatic rings. The fourth-order valence-electron chi connectivity index (χ4n) is 6.71. The molecular formula is C40H24OS. The zero-order chi connectivity index (χ0) is 27.6. The third-order valence-electron chi connectivity index (χ3n) is 8.54. The first-order chi connectivity index (χ1) is 20.8. The highest BCUT2D eigenvalue weighted by atomic mass is 32.1. The van der Waals surface area contributed by atoms with Crippen molar-refractivity contribution in [2.75, 3.05) is 0 Å². The Kier molecular flexibility index (Phi) is 5.13. The molecule has 0 N–H and O–H groups in total. The second-order valence-corrected chi connectivity index (χ2v) is 11.7. The van der Waals surface area contributed by atoms with E-state index in [1.165, 1.54) is 70.4 Å². The van der Waals surface area contributed by atoms with E-state index in [1.54, 1.807) is 11.3 Å². The van der Waals surface area contributed by atoms with Crippen molar-refractivity contribution in [1.82, 2.24) is 0 Å². The van der Waals surface area contributed by atoms with Crippen LogP contribution < -0.4 is 0 Å². The van der Waals surface area contributed by atoms with Crippen LogP contribution in [0.4, 0.5) is 0 Å². The maximum Gasteiger partial charge on any atom is 0.136 e. The van der Waals surface area contributed by atoms with Gasteiger partial charge in [0.1, 0.15) is 11.2 Å². The molecule has 1 nitrogen and oxygen atoms in total. The van der Waals surface area contributed by atoms with Crippen LogP contribution in [-0.4, -0.2) is 0 Å². The molecule has 0 spiro atoms. The van der Waals surface area contributed by atoms with Gasteiger partial charge in [0.25, 0.3) is 0 Å². The first-order valence-electron chi connectivity index (χ1n) is 14.3. The Morgan fingerprint density at radius 3 is 1.60 bits per heavy atom. The molecule has 2 heterocycles. The molecule has 0 aliphatic carbocycles. The zero-order valence-electron chi connectivity index (χ0n) is 22.7. The fraction of sp³-hybridized carbons (Fsp3) is 0. The van der Waals surface area contributed by atoms with Crippen LogP contribution in [-0.2, 0) is 0 Å². The first kappa shape index (κ1) is 23.5. The van der Waals surface area contributed by atoms with Crippen LogP contribution in [0.5, 0.6) is 0 Å². The average molecular weight is 553 g/mol. The predicted molar refractivity (Wildman–Crippen MR) is 180 cm³/mol. The van der Waals surface area contributed by atoms with Crippen molar-refractivity contribution in [2.45, 2.75) is 0 Å². The van der Waals surface area contributed by atoms with Gasteiger partial charge in [0.15, 0.2) is 0 Å². The van der Waals surface area contributed by atoms with Crippen LogP contribution in [0.15, 0.2) is 149 Å². The summed E-state index contributed by atoms with van der Waals surface area (Å²) in [6.45, 7) is 0. The highest BCUT2D eigenvalue weighted by molar-refractivity contribution is 7.19. The second kappa shape index (κ2) is 9.17. The minimum atomic E-state index is 0.922. The number of rotatable bonds is 3. The average Bonchev–Trinajstić information content (AvgIpc) is 3.65. The summed E-state index contributed by atoms with van der Waals surface area (Å²) in [5.74, 6) is 0. The molecule has 7 aromatic carbocycles. The monoisotopic (exact) mass is 552 g/mol. The molecule has 0 saturated carbocycles. The lowest BCUT2D eigenvalue weighted by molar-refractivity contribution is 0.669. The molecule has 0 radical (unpaired) electrons. The first-order valence-corrected chi connectivity index (χ1v) is 15.1. The Labute approximate surface area is 246 Å². The van der Waals surface area contributed by atoms with Crippen molar-refractivity contribution >= 4 is 64.9 Å². The summed E-state index contributed by atoms with van der Waals surface area (Å²) in [4.78, 5) is 0. The Hall–Kier alpha value is -5.18. The molecule has 196 valence electrons. The molecular weight excluding hydrogens is 529 g/mol. The second-order valence-electron chi connectivity index (χ2n) is 10.9. The molecule has 0 saturated heterocycles. The van der Waals surface area contributed by atoms with Crippen LogP contribution in [0.2, 0.25) is 0 Å². The summed E-state index contributed by atoms with van der Waals surface area (Å²) in [5, 5.41) is 11.0.